The Hall–Kier alpha value is -3.07. The van der Waals surface area contributed by atoms with Crippen LogP contribution in [-0.2, 0) is 4.79 Å². The summed E-state index contributed by atoms with van der Waals surface area (Å²) in [6, 6.07) is 11.4. The maximum Gasteiger partial charge on any atom is 0.270 e. The largest absolute Gasteiger partial charge is 0.497 e. The number of thioether (sulfide) groups is 1. The predicted molar refractivity (Wildman–Crippen MR) is 109 cm³/mol. The Kier molecular flexibility index (Phi) is 7.82. The lowest BCUT2D eigenvalue weighted by molar-refractivity contribution is -0.384. The van der Waals surface area contributed by atoms with Crippen LogP contribution in [0, 0.1) is 10.1 Å². The van der Waals surface area contributed by atoms with Gasteiger partial charge in [0, 0.05) is 23.4 Å². The molecule has 28 heavy (non-hydrogen) atoms. The molecule has 1 atom stereocenters. The summed E-state index contributed by atoms with van der Waals surface area (Å²) < 4.78 is 5.08. The van der Waals surface area contributed by atoms with Crippen molar-refractivity contribution in [3.63, 3.8) is 0 Å². The van der Waals surface area contributed by atoms with Gasteiger partial charge in [-0.1, -0.05) is 6.07 Å². The number of carbonyl (C=O) groups excluding carboxylic acids is 2. The molecular weight excluding hydrogens is 382 g/mol. The van der Waals surface area contributed by atoms with Gasteiger partial charge in [-0.05, 0) is 48.8 Å². The summed E-state index contributed by atoms with van der Waals surface area (Å²) in [6.07, 6.45) is 2.32. The third-order valence-corrected chi connectivity index (χ3v) is 4.55. The van der Waals surface area contributed by atoms with Crippen molar-refractivity contribution < 1.29 is 19.2 Å². The molecule has 0 aliphatic carbocycles. The molecule has 2 aromatic carbocycles. The summed E-state index contributed by atoms with van der Waals surface area (Å²) >= 11 is 1.55. The van der Waals surface area contributed by atoms with Crippen molar-refractivity contribution in [2.45, 2.75) is 12.5 Å². The van der Waals surface area contributed by atoms with Gasteiger partial charge in [-0.25, -0.2) is 0 Å². The van der Waals surface area contributed by atoms with Crippen LogP contribution in [0.4, 0.5) is 11.4 Å². The lowest BCUT2D eigenvalue weighted by atomic mass is 10.1. The van der Waals surface area contributed by atoms with Crippen molar-refractivity contribution in [3.05, 3.63) is 64.2 Å². The van der Waals surface area contributed by atoms with Gasteiger partial charge in [-0.3, -0.25) is 19.7 Å². The number of nitro benzene ring substituents is 1. The molecule has 0 aromatic heterocycles. The molecule has 0 heterocycles. The van der Waals surface area contributed by atoms with Crippen LogP contribution in [0.2, 0.25) is 0 Å². The topological polar surface area (TPSA) is 111 Å². The van der Waals surface area contributed by atoms with Crippen molar-refractivity contribution in [2.75, 3.05) is 24.4 Å². The Morgan fingerprint density at radius 3 is 2.54 bits per heavy atom. The van der Waals surface area contributed by atoms with Crippen molar-refractivity contribution in [1.29, 1.82) is 0 Å². The number of carbonyl (C=O) groups is 2. The van der Waals surface area contributed by atoms with Crippen LogP contribution in [0.15, 0.2) is 48.5 Å². The molecule has 9 heteroatoms. The zero-order valence-corrected chi connectivity index (χ0v) is 16.3. The Labute approximate surface area is 166 Å². The highest BCUT2D eigenvalue weighted by atomic mass is 32.2. The zero-order valence-electron chi connectivity index (χ0n) is 15.5. The number of nitrogens with one attached hydrogen (secondary N) is 2. The van der Waals surface area contributed by atoms with Gasteiger partial charge in [0.05, 0.1) is 12.0 Å². The van der Waals surface area contributed by atoms with E-state index < -0.39 is 16.9 Å². The minimum absolute atomic E-state index is 0.126. The van der Waals surface area contributed by atoms with E-state index >= 15 is 0 Å². The van der Waals surface area contributed by atoms with Gasteiger partial charge in [0.15, 0.2) is 0 Å². The van der Waals surface area contributed by atoms with Gasteiger partial charge >= 0.3 is 0 Å². The van der Waals surface area contributed by atoms with Crippen molar-refractivity contribution >= 4 is 35.0 Å². The Morgan fingerprint density at radius 2 is 1.93 bits per heavy atom. The minimum Gasteiger partial charge on any atom is -0.497 e. The Morgan fingerprint density at radius 1 is 1.21 bits per heavy atom. The quantitative estimate of drug-likeness (QED) is 0.492. The molecule has 0 saturated carbocycles. The van der Waals surface area contributed by atoms with Gasteiger partial charge in [-0.2, -0.15) is 11.8 Å². The van der Waals surface area contributed by atoms with Crippen LogP contribution in [0.25, 0.3) is 0 Å². The van der Waals surface area contributed by atoms with Gasteiger partial charge in [-0.15, -0.1) is 0 Å². The number of nitrogens with zero attached hydrogens (tertiary/aromatic N) is 1. The first-order valence-corrected chi connectivity index (χ1v) is 9.83. The van der Waals surface area contributed by atoms with E-state index in [1.165, 1.54) is 24.3 Å². The first kappa shape index (κ1) is 21.2. The molecular formula is C19H21N3O5S. The second-order valence-corrected chi connectivity index (χ2v) is 6.82. The second-order valence-electron chi connectivity index (χ2n) is 5.83. The molecule has 0 aliphatic rings. The number of methoxy groups -OCH3 is 1. The fraction of sp³-hybridized carbons (Fsp3) is 0.263. The summed E-state index contributed by atoms with van der Waals surface area (Å²) in [5, 5.41) is 16.3. The van der Waals surface area contributed by atoms with Crippen LogP contribution in [-0.4, -0.2) is 41.9 Å². The SMILES string of the molecule is COc1ccc(NC(=O)[C@@H](CCSC)NC(=O)c2cccc([N+](=O)[O-])c2)cc1. The number of benzene rings is 2. The molecule has 0 saturated heterocycles. The average Bonchev–Trinajstić information content (AvgIpc) is 2.71. The van der Waals surface area contributed by atoms with E-state index in [2.05, 4.69) is 10.6 Å². The van der Waals surface area contributed by atoms with Crippen LogP contribution in [0.1, 0.15) is 16.8 Å². The number of amides is 2. The van der Waals surface area contributed by atoms with Gasteiger partial charge in [0.2, 0.25) is 5.91 Å². The van der Waals surface area contributed by atoms with E-state index in [4.69, 9.17) is 4.74 Å². The molecule has 0 bridgehead atoms. The average molecular weight is 403 g/mol. The minimum atomic E-state index is -0.777. The number of hydrogen-bond donors (Lipinski definition) is 2. The molecule has 2 aromatic rings. The molecule has 0 spiro atoms. The third-order valence-electron chi connectivity index (χ3n) is 3.91. The van der Waals surface area contributed by atoms with E-state index in [9.17, 15) is 19.7 Å². The first-order chi connectivity index (χ1) is 13.4. The van der Waals surface area contributed by atoms with Crippen molar-refractivity contribution in [3.8, 4) is 5.75 Å². The van der Waals surface area contributed by atoms with E-state index in [1.807, 2.05) is 6.26 Å². The molecule has 2 amide bonds. The summed E-state index contributed by atoms with van der Waals surface area (Å²) in [5.41, 5.74) is 0.515. The maximum atomic E-state index is 12.6. The molecule has 0 radical (unpaired) electrons. The summed E-state index contributed by atoms with van der Waals surface area (Å²) in [4.78, 5) is 35.5. The van der Waals surface area contributed by atoms with E-state index in [1.54, 1.807) is 43.1 Å². The number of non-ortho nitro benzene ring substituents is 1. The zero-order chi connectivity index (χ0) is 20.5. The molecule has 8 nitrogen and oxygen atoms in total. The van der Waals surface area contributed by atoms with Crippen molar-refractivity contribution in [2.24, 2.45) is 0 Å². The highest BCUT2D eigenvalue weighted by Crippen LogP contribution is 2.16. The van der Waals surface area contributed by atoms with Gasteiger partial charge in [0.25, 0.3) is 11.6 Å². The number of rotatable bonds is 9. The van der Waals surface area contributed by atoms with Gasteiger partial charge < -0.3 is 15.4 Å². The monoisotopic (exact) mass is 403 g/mol. The fourth-order valence-corrected chi connectivity index (χ4v) is 2.88. The molecule has 0 unspecified atom stereocenters. The number of hydrogen-bond acceptors (Lipinski definition) is 6. The lowest BCUT2D eigenvalue weighted by Gasteiger charge is -2.18. The smallest absolute Gasteiger partial charge is 0.270 e. The molecule has 2 N–H and O–H groups in total. The fourth-order valence-electron chi connectivity index (χ4n) is 2.41. The Balaban J connectivity index is 2.10. The lowest BCUT2D eigenvalue weighted by Crippen LogP contribution is -2.44. The summed E-state index contributed by atoms with van der Waals surface area (Å²) in [6.45, 7) is 0. The van der Waals surface area contributed by atoms with Crippen molar-refractivity contribution in [1.82, 2.24) is 5.32 Å². The highest BCUT2D eigenvalue weighted by Gasteiger charge is 2.22. The molecule has 2 rings (SSSR count). The second kappa shape index (κ2) is 10.3. The van der Waals surface area contributed by atoms with E-state index in [0.29, 0.717) is 23.6 Å². The summed E-state index contributed by atoms with van der Waals surface area (Å²) in [7, 11) is 1.55. The number of anilines is 1. The molecule has 0 fully saturated rings. The van der Waals surface area contributed by atoms with Crippen LogP contribution in [0.3, 0.4) is 0 Å². The van der Waals surface area contributed by atoms with Crippen LogP contribution in [0.5, 0.6) is 5.75 Å². The maximum absolute atomic E-state index is 12.6. The van der Waals surface area contributed by atoms with E-state index in [-0.39, 0.29) is 17.2 Å². The van der Waals surface area contributed by atoms with E-state index in [0.717, 1.165) is 0 Å². The van der Waals surface area contributed by atoms with Crippen LogP contribution >= 0.6 is 11.8 Å². The first-order valence-electron chi connectivity index (χ1n) is 8.43. The predicted octanol–water partition coefficient (Wildman–Crippen LogP) is 3.09. The third kappa shape index (κ3) is 5.98. The Bertz CT molecular complexity index is 842. The normalized spacial score (nSPS) is 11.4. The molecule has 0 aliphatic heterocycles. The summed E-state index contributed by atoms with van der Waals surface area (Å²) in [5.74, 6) is 0.421. The number of nitro groups is 1. The molecule has 148 valence electrons. The van der Waals surface area contributed by atoms with Gasteiger partial charge in [0.1, 0.15) is 11.8 Å². The van der Waals surface area contributed by atoms with Crippen LogP contribution < -0.4 is 15.4 Å². The standard InChI is InChI=1S/C19H21N3O5S/c1-27-16-8-6-14(7-9-16)20-19(24)17(10-11-28-2)21-18(23)13-4-3-5-15(12-13)22(25)26/h3-9,12,17H,10-11H2,1-2H3,(H,20,24)(H,21,23)/t17-/m1/s1. The number of ether oxygens (including phenoxy) is 1. The highest BCUT2D eigenvalue weighted by molar-refractivity contribution is 7.98.